The van der Waals surface area contributed by atoms with Crippen molar-refractivity contribution in [3.05, 3.63) is 0 Å². The van der Waals surface area contributed by atoms with Crippen LogP contribution >= 0.6 is 11.8 Å². The summed E-state index contributed by atoms with van der Waals surface area (Å²) < 4.78 is 0. The fourth-order valence-electron chi connectivity index (χ4n) is 4.19. The maximum absolute atomic E-state index is 2.30. The quantitative estimate of drug-likeness (QED) is 0.124. The molecule has 0 aromatic rings. The second-order valence-electron chi connectivity index (χ2n) is 9.39. The summed E-state index contributed by atoms with van der Waals surface area (Å²) in [5.41, 5.74) is 0. The van der Waals surface area contributed by atoms with Crippen LogP contribution in [-0.4, -0.2) is 11.5 Å². The van der Waals surface area contributed by atoms with Gasteiger partial charge < -0.3 is 0 Å². The van der Waals surface area contributed by atoms with Gasteiger partial charge >= 0.3 is 0 Å². The first-order valence-electron chi connectivity index (χ1n) is 14.0. The first-order chi connectivity index (χ1) is 14.4. The molecule has 0 unspecified atom stereocenters. The van der Waals surface area contributed by atoms with Crippen LogP contribution in [0.25, 0.3) is 0 Å². The van der Waals surface area contributed by atoms with Gasteiger partial charge in [-0.15, -0.1) is 0 Å². The van der Waals surface area contributed by atoms with Gasteiger partial charge in [0.15, 0.2) is 0 Å². The van der Waals surface area contributed by atoms with E-state index in [1.165, 1.54) is 166 Å². The molecule has 0 amide bonds. The van der Waals surface area contributed by atoms with Gasteiger partial charge in [0.25, 0.3) is 0 Å². The van der Waals surface area contributed by atoms with Crippen LogP contribution in [0.1, 0.15) is 168 Å². The normalized spacial score (nSPS) is 11.4. The molecular weight excluding hydrogens is 368 g/mol. The number of unbranched alkanes of at least 4 members (excludes halogenated alkanes) is 22. The first kappa shape index (κ1) is 29.4. The van der Waals surface area contributed by atoms with E-state index in [1.54, 1.807) is 0 Å². The zero-order valence-corrected chi connectivity index (χ0v) is 21.6. The Morgan fingerprint density at radius 2 is 0.483 bits per heavy atom. The van der Waals surface area contributed by atoms with E-state index in [0.29, 0.717) is 0 Å². The highest BCUT2D eigenvalue weighted by molar-refractivity contribution is 7.99. The van der Waals surface area contributed by atoms with E-state index in [-0.39, 0.29) is 0 Å². The zero-order valence-electron chi connectivity index (χ0n) is 20.8. The Labute approximate surface area is 191 Å². The summed E-state index contributed by atoms with van der Waals surface area (Å²) in [6, 6.07) is 0. The summed E-state index contributed by atoms with van der Waals surface area (Å²) in [4.78, 5) is 0. The first-order valence-corrected chi connectivity index (χ1v) is 15.1. The molecule has 0 bridgehead atoms. The van der Waals surface area contributed by atoms with E-state index < -0.39 is 0 Å². The van der Waals surface area contributed by atoms with E-state index >= 15 is 0 Å². The lowest BCUT2D eigenvalue weighted by atomic mass is 10.0. The Bertz CT molecular complexity index is 237. The largest absolute Gasteiger partial charge is 0.162 e. The van der Waals surface area contributed by atoms with Gasteiger partial charge in [0.05, 0.1) is 0 Å². The molecule has 0 aromatic heterocycles. The van der Waals surface area contributed by atoms with Crippen LogP contribution in [0.4, 0.5) is 0 Å². The summed E-state index contributed by atoms with van der Waals surface area (Å²) in [5, 5.41) is 0. The second kappa shape index (κ2) is 28.4. The topological polar surface area (TPSA) is 0 Å². The van der Waals surface area contributed by atoms with Crippen LogP contribution < -0.4 is 0 Å². The molecule has 0 aliphatic rings. The molecule has 0 radical (unpaired) electrons. The van der Waals surface area contributed by atoms with Crippen molar-refractivity contribution in [3.63, 3.8) is 0 Å². The van der Waals surface area contributed by atoms with Crippen molar-refractivity contribution in [2.45, 2.75) is 168 Å². The van der Waals surface area contributed by atoms with Crippen LogP contribution in [0.15, 0.2) is 0 Å². The summed E-state index contributed by atoms with van der Waals surface area (Å²) in [7, 11) is 0. The van der Waals surface area contributed by atoms with Gasteiger partial charge in [-0.05, 0) is 24.3 Å². The van der Waals surface area contributed by atoms with Gasteiger partial charge in [-0.2, -0.15) is 11.8 Å². The monoisotopic (exact) mass is 426 g/mol. The molecule has 0 aromatic carbocycles. The predicted molar refractivity (Wildman–Crippen MR) is 139 cm³/mol. The average Bonchev–Trinajstić information content (AvgIpc) is 2.74. The summed E-state index contributed by atoms with van der Waals surface area (Å²) in [6.07, 6.45) is 35.2. The van der Waals surface area contributed by atoms with Crippen molar-refractivity contribution >= 4 is 11.8 Å². The Morgan fingerprint density at radius 3 is 0.759 bits per heavy atom. The van der Waals surface area contributed by atoms with E-state index in [2.05, 4.69) is 25.6 Å². The second-order valence-corrected chi connectivity index (χ2v) is 10.6. The number of thioether (sulfide) groups is 1. The fraction of sp³-hybridized carbons (Fsp3) is 1.00. The lowest BCUT2D eigenvalue weighted by Gasteiger charge is -2.04. The van der Waals surface area contributed by atoms with Crippen molar-refractivity contribution in [2.75, 3.05) is 11.5 Å². The van der Waals surface area contributed by atoms with Gasteiger partial charge in [-0.3, -0.25) is 0 Å². The third-order valence-corrected chi connectivity index (χ3v) is 7.44. The molecule has 0 fully saturated rings. The van der Waals surface area contributed by atoms with Crippen molar-refractivity contribution in [1.82, 2.24) is 0 Å². The smallest absolute Gasteiger partial charge is 0.00675 e. The molecule has 0 N–H and O–H groups in total. The molecule has 0 saturated heterocycles. The Balaban J connectivity index is 2.97. The maximum Gasteiger partial charge on any atom is -0.00675 e. The standard InChI is InChI=1S/C28H58S/c1-3-5-7-9-10-11-12-13-14-15-16-17-18-19-20-21-22-23-24-26-28-29-27-25-8-6-4-2/h3-28H2,1-2H3. The van der Waals surface area contributed by atoms with Crippen LogP contribution in [0, 0.1) is 0 Å². The zero-order chi connectivity index (χ0) is 21.1. The van der Waals surface area contributed by atoms with Gasteiger partial charge in [0, 0.05) is 0 Å². The van der Waals surface area contributed by atoms with E-state index in [4.69, 9.17) is 0 Å². The highest BCUT2D eigenvalue weighted by atomic mass is 32.2. The molecule has 0 nitrogen and oxygen atoms in total. The number of hydrogen-bond donors (Lipinski definition) is 0. The summed E-state index contributed by atoms with van der Waals surface area (Å²) in [6.45, 7) is 4.60. The van der Waals surface area contributed by atoms with E-state index in [0.717, 1.165) is 0 Å². The van der Waals surface area contributed by atoms with E-state index in [1.807, 2.05) is 0 Å². The molecule has 0 aliphatic heterocycles. The lowest BCUT2D eigenvalue weighted by Crippen LogP contribution is -1.86. The van der Waals surface area contributed by atoms with Crippen LogP contribution in [0.2, 0.25) is 0 Å². The highest BCUT2D eigenvalue weighted by Crippen LogP contribution is 2.15. The average molecular weight is 427 g/mol. The minimum absolute atomic E-state index is 1.37. The van der Waals surface area contributed by atoms with Crippen molar-refractivity contribution in [1.29, 1.82) is 0 Å². The molecule has 1 heteroatoms. The van der Waals surface area contributed by atoms with Crippen LogP contribution in [0.5, 0.6) is 0 Å². The highest BCUT2D eigenvalue weighted by Gasteiger charge is 1.96. The Kier molecular flexibility index (Phi) is 28.7. The molecule has 0 heterocycles. The molecule has 0 rings (SSSR count). The SMILES string of the molecule is CCCCCCCCCCCCCCCCCCCCCCSCCCCCC. The maximum atomic E-state index is 2.30. The van der Waals surface area contributed by atoms with Crippen molar-refractivity contribution < 1.29 is 0 Å². The fourth-order valence-corrected chi connectivity index (χ4v) is 5.21. The molecule has 176 valence electrons. The van der Waals surface area contributed by atoms with Gasteiger partial charge in [0.1, 0.15) is 0 Å². The number of hydrogen-bond acceptors (Lipinski definition) is 1. The van der Waals surface area contributed by atoms with Crippen molar-refractivity contribution in [2.24, 2.45) is 0 Å². The Hall–Kier alpha value is 0.350. The third kappa shape index (κ3) is 28.4. The lowest BCUT2D eigenvalue weighted by molar-refractivity contribution is 0.523. The molecular formula is C28H58S. The van der Waals surface area contributed by atoms with Gasteiger partial charge in [-0.25, -0.2) is 0 Å². The minimum Gasteiger partial charge on any atom is -0.162 e. The third-order valence-electron chi connectivity index (χ3n) is 6.28. The summed E-state index contributed by atoms with van der Waals surface area (Å²) >= 11 is 2.19. The Morgan fingerprint density at radius 1 is 0.276 bits per heavy atom. The summed E-state index contributed by atoms with van der Waals surface area (Å²) in [5.74, 6) is 2.81. The molecule has 0 atom stereocenters. The molecule has 0 aliphatic carbocycles. The van der Waals surface area contributed by atoms with E-state index in [9.17, 15) is 0 Å². The van der Waals surface area contributed by atoms with Crippen LogP contribution in [0.3, 0.4) is 0 Å². The number of rotatable bonds is 26. The van der Waals surface area contributed by atoms with Crippen LogP contribution in [-0.2, 0) is 0 Å². The van der Waals surface area contributed by atoms with Gasteiger partial charge in [-0.1, -0.05) is 155 Å². The van der Waals surface area contributed by atoms with Gasteiger partial charge in [0.2, 0.25) is 0 Å². The molecule has 0 saturated carbocycles. The molecule has 29 heavy (non-hydrogen) atoms. The minimum atomic E-state index is 1.37. The van der Waals surface area contributed by atoms with Crippen molar-refractivity contribution in [3.8, 4) is 0 Å². The molecule has 0 spiro atoms. The predicted octanol–water partition coefficient (Wildman–Crippen LogP) is 11.1.